The zero-order valence-corrected chi connectivity index (χ0v) is 15.7. The minimum Gasteiger partial charge on any atom is -0.322 e. The number of rotatable bonds is 5. The maximum absolute atomic E-state index is 12.5. The maximum atomic E-state index is 12.5. The maximum Gasteiger partial charge on any atom is 0.255 e. The first-order valence-corrected chi connectivity index (χ1v) is 10.5. The van der Waals surface area contributed by atoms with Crippen molar-refractivity contribution in [2.75, 3.05) is 5.32 Å². The second kappa shape index (κ2) is 6.46. The second-order valence-corrected chi connectivity index (χ2v) is 9.24. The summed E-state index contributed by atoms with van der Waals surface area (Å²) < 4.78 is 28.2. The lowest BCUT2D eigenvalue weighted by Gasteiger charge is -2.08. The monoisotopic (exact) mass is 387 g/mol. The molecule has 0 spiro atoms. The van der Waals surface area contributed by atoms with E-state index in [9.17, 15) is 13.2 Å². The van der Waals surface area contributed by atoms with E-state index in [4.69, 9.17) is 0 Å². The number of carbonyl (C=O) groups excluding carboxylic acids is 1. The Morgan fingerprint density at radius 1 is 1.19 bits per heavy atom. The van der Waals surface area contributed by atoms with Crippen molar-refractivity contribution >= 4 is 43.2 Å². The fourth-order valence-electron chi connectivity index (χ4n) is 2.61. The van der Waals surface area contributed by atoms with Crippen molar-refractivity contribution in [3.05, 3.63) is 53.0 Å². The van der Waals surface area contributed by atoms with E-state index < -0.39 is 10.0 Å². The van der Waals surface area contributed by atoms with Crippen LogP contribution in [0.5, 0.6) is 0 Å². The van der Waals surface area contributed by atoms with Gasteiger partial charge in [0.25, 0.3) is 5.91 Å². The first kappa shape index (κ1) is 17.1. The summed E-state index contributed by atoms with van der Waals surface area (Å²) in [5.74, 6) is -0.353. The van der Waals surface area contributed by atoms with E-state index >= 15 is 0 Å². The molecule has 1 heterocycles. The summed E-state index contributed by atoms with van der Waals surface area (Å²) in [4.78, 5) is 17.0. The number of sulfonamides is 1. The molecular weight excluding hydrogens is 370 g/mol. The number of hydrogen-bond donors (Lipinski definition) is 2. The van der Waals surface area contributed by atoms with Crippen molar-refractivity contribution in [3.8, 4) is 0 Å². The summed E-state index contributed by atoms with van der Waals surface area (Å²) in [6.07, 6.45) is 1.72. The molecule has 4 rings (SSSR count). The fourth-order valence-corrected chi connectivity index (χ4v) is 4.83. The molecule has 0 radical (unpaired) electrons. The number of aromatic nitrogens is 1. The molecule has 26 heavy (non-hydrogen) atoms. The number of nitrogens with one attached hydrogen (secondary N) is 2. The standard InChI is InChI=1S/C18H17N3O3S2/c1-11-19-16-8-7-14(10-17(16)25-11)20-18(22)12-3-2-4-15(9-12)26(23,24)21-13-5-6-13/h2-4,7-10,13,21H,5-6H2,1H3,(H,20,22). The van der Waals surface area contributed by atoms with Crippen molar-refractivity contribution in [2.24, 2.45) is 0 Å². The van der Waals surface area contributed by atoms with Crippen LogP contribution in [0.4, 0.5) is 5.69 Å². The van der Waals surface area contributed by atoms with Gasteiger partial charge in [0.2, 0.25) is 10.0 Å². The molecule has 0 atom stereocenters. The van der Waals surface area contributed by atoms with E-state index in [2.05, 4.69) is 15.0 Å². The average molecular weight is 387 g/mol. The van der Waals surface area contributed by atoms with Crippen molar-refractivity contribution in [3.63, 3.8) is 0 Å². The molecular formula is C18H17N3O3S2. The third kappa shape index (κ3) is 3.62. The van der Waals surface area contributed by atoms with Crippen LogP contribution in [0.2, 0.25) is 0 Å². The second-order valence-electron chi connectivity index (χ2n) is 6.29. The number of hydrogen-bond acceptors (Lipinski definition) is 5. The quantitative estimate of drug-likeness (QED) is 0.703. The van der Waals surface area contributed by atoms with Crippen LogP contribution in [-0.4, -0.2) is 25.4 Å². The molecule has 2 N–H and O–H groups in total. The van der Waals surface area contributed by atoms with Gasteiger partial charge in [0, 0.05) is 17.3 Å². The number of thiazole rings is 1. The molecule has 2 aromatic carbocycles. The van der Waals surface area contributed by atoms with Crippen LogP contribution in [0.25, 0.3) is 10.2 Å². The fraction of sp³-hybridized carbons (Fsp3) is 0.222. The molecule has 6 nitrogen and oxygen atoms in total. The molecule has 8 heteroatoms. The van der Waals surface area contributed by atoms with Crippen LogP contribution in [0, 0.1) is 6.92 Å². The van der Waals surface area contributed by atoms with Gasteiger partial charge in [-0.05, 0) is 56.2 Å². The van der Waals surface area contributed by atoms with Gasteiger partial charge in [0.05, 0.1) is 20.1 Å². The number of anilines is 1. The van der Waals surface area contributed by atoms with Gasteiger partial charge < -0.3 is 5.32 Å². The first-order chi connectivity index (χ1) is 12.4. The predicted octanol–water partition coefficient (Wildman–Crippen LogP) is 3.30. The predicted molar refractivity (Wildman–Crippen MR) is 102 cm³/mol. The number of carbonyl (C=O) groups is 1. The Balaban J connectivity index is 1.56. The van der Waals surface area contributed by atoms with E-state index in [-0.39, 0.29) is 16.8 Å². The van der Waals surface area contributed by atoms with Gasteiger partial charge in [-0.3, -0.25) is 4.79 Å². The Kier molecular flexibility index (Phi) is 4.26. The summed E-state index contributed by atoms with van der Waals surface area (Å²) in [7, 11) is -3.59. The lowest BCUT2D eigenvalue weighted by atomic mass is 10.2. The highest BCUT2D eigenvalue weighted by Crippen LogP contribution is 2.25. The van der Waals surface area contributed by atoms with Crippen molar-refractivity contribution < 1.29 is 13.2 Å². The van der Waals surface area contributed by atoms with Crippen LogP contribution in [-0.2, 0) is 10.0 Å². The van der Waals surface area contributed by atoms with E-state index in [0.717, 1.165) is 28.1 Å². The minimum atomic E-state index is -3.59. The van der Waals surface area contributed by atoms with Gasteiger partial charge in [-0.15, -0.1) is 11.3 Å². The topological polar surface area (TPSA) is 88.2 Å². The first-order valence-electron chi connectivity index (χ1n) is 8.22. The molecule has 1 aliphatic rings. The molecule has 1 saturated carbocycles. The molecule has 1 fully saturated rings. The Morgan fingerprint density at radius 2 is 2.00 bits per heavy atom. The summed E-state index contributed by atoms with van der Waals surface area (Å²) in [6, 6.07) is 11.6. The van der Waals surface area contributed by atoms with Gasteiger partial charge in [0.15, 0.2) is 0 Å². The molecule has 0 saturated heterocycles. The van der Waals surface area contributed by atoms with E-state index in [1.54, 1.807) is 29.5 Å². The van der Waals surface area contributed by atoms with Gasteiger partial charge in [-0.2, -0.15) is 0 Å². The molecule has 1 aliphatic carbocycles. The van der Waals surface area contributed by atoms with E-state index in [0.29, 0.717) is 11.3 Å². The number of nitrogens with zero attached hydrogens (tertiary/aromatic N) is 1. The Morgan fingerprint density at radius 3 is 2.77 bits per heavy atom. The third-order valence-electron chi connectivity index (χ3n) is 4.06. The van der Waals surface area contributed by atoms with Crippen LogP contribution >= 0.6 is 11.3 Å². The van der Waals surface area contributed by atoms with Crippen molar-refractivity contribution in [1.29, 1.82) is 0 Å². The van der Waals surface area contributed by atoms with E-state index in [1.807, 2.05) is 19.1 Å². The summed E-state index contributed by atoms with van der Waals surface area (Å²) in [5, 5.41) is 3.78. The summed E-state index contributed by atoms with van der Waals surface area (Å²) in [6.45, 7) is 1.94. The van der Waals surface area contributed by atoms with E-state index in [1.165, 1.54) is 12.1 Å². The number of aryl methyl sites for hydroxylation is 1. The largest absolute Gasteiger partial charge is 0.322 e. The lowest BCUT2D eigenvalue weighted by Crippen LogP contribution is -2.26. The van der Waals surface area contributed by atoms with Crippen LogP contribution in [0.1, 0.15) is 28.2 Å². The Hall–Kier alpha value is -2.29. The Bertz CT molecular complexity index is 1100. The number of benzene rings is 2. The molecule has 1 amide bonds. The smallest absolute Gasteiger partial charge is 0.255 e. The van der Waals surface area contributed by atoms with Crippen LogP contribution < -0.4 is 10.0 Å². The number of fused-ring (bicyclic) bond motifs is 1. The van der Waals surface area contributed by atoms with Gasteiger partial charge in [-0.25, -0.2) is 18.1 Å². The highest BCUT2D eigenvalue weighted by molar-refractivity contribution is 7.89. The number of amides is 1. The molecule has 3 aromatic rings. The van der Waals surface area contributed by atoms with Crippen LogP contribution in [0.15, 0.2) is 47.4 Å². The van der Waals surface area contributed by atoms with Gasteiger partial charge in [0.1, 0.15) is 0 Å². The highest BCUT2D eigenvalue weighted by Gasteiger charge is 2.28. The highest BCUT2D eigenvalue weighted by atomic mass is 32.2. The van der Waals surface area contributed by atoms with Gasteiger partial charge in [-0.1, -0.05) is 6.07 Å². The molecule has 0 bridgehead atoms. The molecule has 0 unspecified atom stereocenters. The van der Waals surface area contributed by atoms with Crippen molar-refractivity contribution in [1.82, 2.24) is 9.71 Å². The molecule has 134 valence electrons. The SMILES string of the molecule is Cc1nc2ccc(NC(=O)c3cccc(S(=O)(=O)NC4CC4)c3)cc2s1. The zero-order valence-electron chi connectivity index (χ0n) is 14.0. The average Bonchev–Trinajstić information content (AvgIpc) is 3.32. The summed E-state index contributed by atoms with van der Waals surface area (Å²) >= 11 is 1.56. The summed E-state index contributed by atoms with van der Waals surface area (Å²) in [5.41, 5.74) is 1.84. The van der Waals surface area contributed by atoms with Crippen molar-refractivity contribution in [2.45, 2.75) is 30.7 Å². The minimum absolute atomic E-state index is 0.0204. The van der Waals surface area contributed by atoms with Crippen LogP contribution in [0.3, 0.4) is 0 Å². The third-order valence-corrected chi connectivity index (χ3v) is 6.51. The van der Waals surface area contributed by atoms with Gasteiger partial charge >= 0.3 is 0 Å². The molecule has 0 aliphatic heterocycles. The molecule has 1 aromatic heterocycles. The lowest BCUT2D eigenvalue weighted by molar-refractivity contribution is 0.102. The normalized spacial score (nSPS) is 14.5. The Labute approximate surface area is 155 Å². The zero-order chi connectivity index (χ0) is 18.3.